The second kappa shape index (κ2) is 6.65. The third kappa shape index (κ3) is 3.96. The summed E-state index contributed by atoms with van der Waals surface area (Å²) >= 11 is 0. The van der Waals surface area contributed by atoms with E-state index in [9.17, 15) is 4.79 Å². The van der Waals surface area contributed by atoms with Gasteiger partial charge >= 0.3 is 5.97 Å². The lowest BCUT2D eigenvalue weighted by molar-refractivity contribution is -0.138. The molecule has 0 saturated heterocycles. The van der Waals surface area contributed by atoms with Gasteiger partial charge in [0.2, 0.25) is 0 Å². The minimum atomic E-state index is -0.210. The van der Waals surface area contributed by atoms with Gasteiger partial charge in [0.25, 0.3) is 0 Å². The molecule has 0 aromatic carbocycles. The van der Waals surface area contributed by atoms with E-state index in [1.54, 1.807) is 13.0 Å². The van der Waals surface area contributed by atoms with E-state index in [-0.39, 0.29) is 5.97 Å². The number of carbonyl (C=O) groups excluding carboxylic acids is 1. The molecule has 0 bridgehead atoms. The molecule has 0 saturated carbocycles. The maximum Gasteiger partial charge on any atom is 0.333 e. The van der Waals surface area contributed by atoms with Crippen LogP contribution in [0.15, 0.2) is 23.8 Å². The third-order valence-electron chi connectivity index (χ3n) is 1.41. The summed E-state index contributed by atoms with van der Waals surface area (Å²) < 4.78 is 4.85. The van der Waals surface area contributed by atoms with E-state index in [0.29, 0.717) is 13.0 Å². The second-order valence-electron chi connectivity index (χ2n) is 2.29. The molecule has 0 aromatic heterocycles. The molecule has 0 radical (unpaired) electrons. The highest BCUT2D eigenvalue weighted by molar-refractivity contribution is 5.88. The van der Waals surface area contributed by atoms with Gasteiger partial charge < -0.3 is 4.74 Å². The lowest BCUT2D eigenvalue weighted by atomic mass is 10.2. The van der Waals surface area contributed by atoms with Crippen molar-refractivity contribution >= 4 is 5.97 Å². The average molecular weight is 168 g/mol. The fraction of sp³-hybridized carbons (Fsp3) is 0.500. The molecule has 0 spiro atoms. The van der Waals surface area contributed by atoms with Gasteiger partial charge in [0.15, 0.2) is 0 Å². The van der Waals surface area contributed by atoms with Crippen molar-refractivity contribution in [3.63, 3.8) is 0 Å². The number of hydrogen-bond acceptors (Lipinski definition) is 2. The van der Waals surface area contributed by atoms with Gasteiger partial charge in [0, 0.05) is 5.57 Å². The molecule has 2 heteroatoms. The largest absolute Gasteiger partial charge is 0.463 e. The zero-order valence-electron chi connectivity index (χ0n) is 7.96. The van der Waals surface area contributed by atoms with E-state index in [4.69, 9.17) is 4.74 Å². The van der Waals surface area contributed by atoms with E-state index in [1.165, 1.54) is 0 Å². The summed E-state index contributed by atoms with van der Waals surface area (Å²) in [7, 11) is 0. The van der Waals surface area contributed by atoms with Crippen LogP contribution >= 0.6 is 0 Å². The van der Waals surface area contributed by atoms with Crippen LogP contribution in [0.25, 0.3) is 0 Å². The predicted molar refractivity (Wildman–Crippen MR) is 49.8 cm³/mol. The van der Waals surface area contributed by atoms with Gasteiger partial charge in [-0.15, -0.1) is 0 Å². The summed E-state index contributed by atoms with van der Waals surface area (Å²) in [5.74, 6) is -0.210. The first-order valence-electron chi connectivity index (χ1n) is 4.25. The fourth-order valence-electron chi connectivity index (χ4n) is 0.766. The van der Waals surface area contributed by atoms with Gasteiger partial charge in [0.1, 0.15) is 0 Å². The van der Waals surface area contributed by atoms with Crippen molar-refractivity contribution in [2.24, 2.45) is 0 Å². The molecule has 0 aromatic rings. The van der Waals surface area contributed by atoms with Crippen LogP contribution in [-0.4, -0.2) is 12.6 Å². The zero-order valence-corrected chi connectivity index (χ0v) is 7.96. The van der Waals surface area contributed by atoms with Crippen molar-refractivity contribution in [2.45, 2.75) is 27.2 Å². The third-order valence-corrected chi connectivity index (χ3v) is 1.41. The quantitative estimate of drug-likeness (QED) is 0.366. The normalized spacial score (nSPS) is 12.1. The molecule has 0 amide bonds. The molecule has 0 aliphatic carbocycles. The van der Waals surface area contributed by atoms with Crippen LogP contribution in [0.4, 0.5) is 0 Å². The fourth-order valence-corrected chi connectivity index (χ4v) is 0.766. The number of allylic oxidation sites excluding steroid dienone is 3. The van der Waals surface area contributed by atoms with Crippen LogP contribution in [-0.2, 0) is 9.53 Å². The highest BCUT2D eigenvalue weighted by Gasteiger charge is 2.05. The van der Waals surface area contributed by atoms with E-state index in [0.717, 1.165) is 5.57 Å². The molecule has 0 N–H and O–H groups in total. The number of esters is 1. The van der Waals surface area contributed by atoms with Crippen LogP contribution in [0, 0.1) is 0 Å². The standard InChI is InChI=1S/C10H16O2/c1-4-7-8-9(5-2)10(11)12-6-3/h4,7-8H,5-6H2,1-3H3/b7-4+,9-8+. The van der Waals surface area contributed by atoms with Crippen molar-refractivity contribution < 1.29 is 9.53 Å². The Morgan fingerprint density at radius 1 is 1.42 bits per heavy atom. The first-order chi connectivity index (χ1) is 5.76. The molecule has 0 unspecified atom stereocenters. The molecule has 0 fully saturated rings. The Bertz CT molecular complexity index is 190. The van der Waals surface area contributed by atoms with Gasteiger partial charge in [-0.05, 0) is 20.3 Å². The van der Waals surface area contributed by atoms with Crippen LogP contribution in [0.2, 0.25) is 0 Å². The Morgan fingerprint density at radius 3 is 2.50 bits per heavy atom. The smallest absolute Gasteiger partial charge is 0.333 e. The minimum Gasteiger partial charge on any atom is -0.463 e. The number of rotatable bonds is 4. The van der Waals surface area contributed by atoms with Crippen molar-refractivity contribution in [1.29, 1.82) is 0 Å². The first-order valence-corrected chi connectivity index (χ1v) is 4.25. The number of hydrogen-bond donors (Lipinski definition) is 0. The van der Waals surface area contributed by atoms with Crippen molar-refractivity contribution in [1.82, 2.24) is 0 Å². The molecule has 68 valence electrons. The van der Waals surface area contributed by atoms with Crippen molar-refractivity contribution in [3.05, 3.63) is 23.8 Å². The molecular formula is C10H16O2. The minimum absolute atomic E-state index is 0.210. The van der Waals surface area contributed by atoms with Crippen LogP contribution in [0.3, 0.4) is 0 Å². The lowest BCUT2D eigenvalue weighted by Crippen LogP contribution is -2.06. The SMILES string of the molecule is C/C=C/C=C(\CC)C(=O)OCC. The molecule has 2 nitrogen and oxygen atoms in total. The van der Waals surface area contributed by atoms with Crippen molar-refractivity contribution in [2.75, 3.05) is 6.61 Å². The molecule has 0 aliphatic rings. The van der Waals surface area contributed by atoms with E-state index >= 15 is 0 Å². The first kappa shape index (κ1) is 11.0. The van der Waals surface area contributed by atoms with Gasteiger partial charge in [-0.1, -0.05) is 25.2 Å². The summed E-state index contributed by atoms with van der Waals surface area (Å²) in [6, 6.07) is 0. The van der Waals surface area contributed by atoms with E-state index < -0.39 is 0 Å². The second-order valence-corrected chi connectivity index (χ2v) is 2.29. The highest BCUT2D eigenvalue weighted by Crippen LogP contribution is 2.03. The van der Waals surface area contributed by atoms with Crippen LogP contribution < -0.4 is 0 Å². The Kier molecular flexibility index (Phi) is 6.07. The highest BCUT2D eigenvalue weighted by atomic mass is 16.5. The van der Waals surface area contributed by atoms with Crippen LogP contribution in [0.1, 0.15) is 27.2 Å². The zero-order chi connectivity index (χ0) is 9.40. The van der Waals surface area contributed by atoms with Gasteiger partial charge in [-0.3, -0.25) is 0 Å². The molecular weight excluding hydrogens is 152 g/mol. The Balaban J connectivity index is 4.23. The van der Waals surface area contributed by atoms with Gasteiger partial charge in [-0.2, -0.15) is 0 Å². The Morgan fingerprint density at radius 2 is 2.08 bits per heavy atom. The maximum atomic E-state index is 11.2. The molecule has 0 heterocycles. The summed E-state index contributed by atoms with van der Waals surface area (Å²) in [5.41, 5.74) is 0.718. The maximum absolute atomic E-state index is 11.2. The molecule has 0 aliphatic heterocycles. The molecule has 12 heavy (non-hydrogen) atoms. The van der Waals surface area contributed by atoms with Gasteiger partial charge in [0.05, 0.1) is 6.61 Å². The topological polar surface area (TPSA) is 26.3 Å². The summed E-state index contributed by atoms with van der Waals surface area (Å²) in [6.45, 7) is 6.09. The lowest BCUT2D eigenvalue weighted by Gasteiger charge is -2.02. The molecule has 0 rings (SSSR count). The van der Waals surface area contributed by atoms with E-state index in [2.05, 4.69) is 0 Å². The number of carbonyl (C=O) groups is 1. The summed E-state index contributed by atoms with van der Waals surface area (Å²) in [5, 5.41) is 0. The number of ether oxygens (including phenoxy) is 1. The van der Waals surface area contributed by atoms with E-state index in [1.807, 2.05) is 26.0 Å². The predicted octanol–water partition coefficient (Wildman–Crippen LogP) is 2.46. The Labute approximate surface area is 73.9 Å². The Hall–Kier alpha value is -1.05. The van der Waals surface area contributed by atoms with Crippen LogP contribution in [0.5, 0.6) is 0 Å². The average Bonchev–Trinajstić information content (AvgIpc) is 2.06. The monoisotopic (exact) mass is 168 g/mol. The summed E-state index contributed by atoms with van der Waals surface area (Å²) in [4.78, 5) is 11.2. The molecule has 0 atom stereocenters. The van der Waals surface area contributed by atoms with Crippen molar-refractivity contribution in [3.8, 4) is 0 Å². The summed E-state index contributed by atoms with van der Waals surface area (Å²) in [6.07, 6.45) is 6.23. The van der Waals surface area contributed by atoms with Gasteiger partial charge in [-0.25, -0.2) is 4.79 Å².